The smallest absolute Gasteiger partial charge is 0.190 e. The van der Waals surface area contributed by atoms with Crippen LogP contribution < -0.4 is 19.8 Å². The number of ether oxygens (including phenoxy) is 2. The number of benzene rings is 2. The number of oxazole rings is 1. The van der Waals surface area contributed by atoms with E-state index in [1.807, 2.05) is 18.2 Å². The van der Waals surface area contributed by atoms with Crippen molar-refractivity contribution < 1.29 is 13.9 Å². The van der Waals surface area contributed by atoms with Crippen LogP contribution in [-0.4, -0.2) is 37.3 Å². The Labute approximate surface area is 172 Å². The molecule has 2 aromatic carbocycles. The highest BCUT2D eigenvalue weighted by molar-refractivity contribution is 5.89. The van der Waals surface area contributed by atoms with Gasteiger partial charge in [-0.2, -0.15) is 0 Å². The molecule has 4 aromatic rings. The molecule has 0 unspecified atom stereocenters. The summed E-state index contributed by atoms with van der Waals surface area (Å²) in [5, 5.41) is 0.558. The molecule has 0 spiro atoms. The van der Waals surface area contributed by atoms with Crippen LogP contribution in [0.25, 0.3) is 33.5 Å². The fraction of sp³-hybridized carbons (Fsp3) is 0.217. The SMILES string of the molecule is COc1cc2[nH]c(-c3ccc(OC)c(N4CCC4)c3)cc(=O)c2cc1-c1cnco1. The number of H-pyrrole nitrogens is 1. The minimum absolute atomic E-state index is 0.0801. The van der Waals surface area contributed by atoms with E-state index in [0.717, 1.165) is 35.8 Å². The van der Waals surface area contributed by atoms with Gasteiger partial charge in [-0.1, -0.05) is 0 Å². The highest BCUT2D eigenvalue weighted by atomic mass is 16.5. The van der Waals surface area contributed by atoms with Crippen molar-refractivity contribution in [1.29, 1.82) is 0 Å². The van der Waals surface area contributed by atoms with E-state index < -0.39 is 0 Å². The van der Waals surface area contributed by atoms with Gasteiger partial charge in [0.2, 0.25) is 0 Å². The maximum atomic E-state index is 13.0. The number of nitrogens with zero attached hydrogens (tertiary/aromatic N) is 2. The molecular weight excluding hydrogens is 382 g/mol. The van der Waals surface area contributed by atoms with Crippen molar-refractivity contribution >= 4 is 16.6 Å². The van der Waals surface area contributed by atoms with Crippen LogP contribution in [0, 0.1) is 0 Å². The number of rotatable bonds is 5. The van der Waals surface area contributed by atoms with E-state index in [2.05, 4.69) is 20.9 Å². The molecule has 1 N–H and O–H groups in total. The molecule has 1 aliphatic heterocycles. The predicted molar refractivity (Wildman–Crippen MR) is 115 cm³/mol. The summed E-state index contributed by atoms with van der Waals surface area (Å²) < 4.78 is 16.5. The zero-order valence-corrected chi connectivity index (χ0v) is 16.8. The second kappa shape index (κ2) is 7.26. The Balaban J connectivity index is 1.65. The normalized spacial score (nSPS) is 13.3. The van der Waals surface area contributed by atoms with E-state index in [1.165, 1.54) is 12.8 Å². The Morgan fingerprint density at radius 3 is 2.57 bits per heavy atom. The number of hydrogen-bond acceptors (Lipinski definition) is 6. The van der Waals surface area contributed by atoms with Gasteiger partial charge in [0.15, 0.2) is 17.6 Å². The van der Waals surface area contributed by atoms with Crippen LogP contribution in [0.3, 0.4) is 0 Å². The summed E-state index contributed by atoms with van der Waals surface area (Å²) in [5.41, 5.74) is 4.01. The van der Waals surface area contributed by atoms with E-state index in [9.17, 15) is 4.79 Å². The van der Waals surface area contributed by atoms with Gasteiger partial charge in [0.1, 0.15) is 11.5 Å². The summed E-state index contributed by atoms with van der Waals surface area (Å²) in [7, 11) is 3.26. The number of nitrogens with one attached hydrogen (secondary N) is 1. The number of anilines is 1. The van der Waals surface area contributed by atoms with E-state index in [1.54, 1.807) is 32.5 Å². The maximum Gasteiger partial charge on any atom is 0.190 e. The molecule has 0 bridgehead atoms. The summed E-state index contributed by atoms with van der Waals surface area (Å²) in [6.07, 6.45) is 4.13. The highest BCUT2D eigenvalue weighted by Crippen LogP contribution is 2.36. The minimum atomic E-state index is -0.0801. The Hall–Kier alpha value is -3.74. The van der Waals surface area contributed by atoms with Crippen molar-refractivity contribution in [2.24, 2.45) is 0 Å². The molecule has 1 fully saturated rings. The fourth-order valence-electron chi connectivity index (χ4n) is 3.80. The van der Waals surface area contributed by atoms with Gasteiger partial charge in [0.25, 0.3) is 0 Å². The first-order valence-corrected chi connectivity index (χ1v) is 9.75. The first kappa shape index (κ1) is 18.3. The Morgan fingerprint density at radius 1 is 1.07 bits per heavy atom. The van der Waals surface area contributed by atoms with Gasteiger partial charge >= 0.3 is 0 Å². The first-order chi connectivity index (χ1) is 14.7. The third-order valence-corrected chi connectivity index (χ3v) is 5.53. The third kappa shape index (κ3) is 2.99. The van der Waals surface area contributed by atoms with Crippen molar-refractivity contribution in [3.8, 4) is 34.1 Å². The van der Waals surface area contributed by atoms with Crippen molar-refractivity contribution in [2.75, 3.05) is 32.2 Å². The number of fused-ring (bicyclic) bond motifs is 1. The number of aromatic nitrogens is 2. The monoisotopic (exact) mass is 403 g/mol. The van der Waals surface area contributed by atoms with E-state index in [4.69, 9.17) is 13.9 Å². The molecule has 2 aromatic heterocycles. The molecule has 0 saturated carbocycles. The van der Waals surface area contributed by atoms with E-state index in [-0.39, 0.29) is 5.43 Å². The molecule has 0 aliphatic carbocycles. The molecular formula is C23H21N3O4. The Morgan fingerprint density at radius 2 is 1.90 bits per heavy atom. The number of hydrogen-bond donors (Lipinski definition) is 1. The zero-order chi connectivity index (χ0) is 20.7. The van der Waals surface area contributed by atoms with Crippen molar-refractivity contribution in [1.82, 2.24) is 9.97 Å². The Bertz CT molecular complexity index is 1270. The lowest BCUT2D eigenvalue weighted by Crippen LogP contribution is -2.37. The molecule has 0 atom stereocenters. The molecule has 5 rings (SSSR count). The quantitative estimate of drug-likeness (QED) is 0.541. The van der Waals surface area contributed by atoms with Gasteiger partial charge in [0, 0.05) is 41.9 Å². The van der Waals surface area contributed by atoms with Crippen LogP contribution in [-0.2, 0) is 0 Å². The molecule has 152 valence electrons. The molecule has 7 heteroatoms. The van der Waals surface area contributed by atoms with Crippen molar-refractivity contribution in [3.63, 3.8) is 0 Å². The highest BCUT2D eigenvalue weighted by Gasteiger charge is 2.20. The molecule has 1 aliphatic rings. The van der Waals surface area contributed by atoms with E-state index >= 15 is 0 Å². The Kier molecular flexibility index (Phi) is 4.43. The summed E-state index contributed by atoms with van der Waals surface area (Å²) in [4.78, 5) is 22.6. The fourth-order valence-corrected chi connectivity index (χ4v) is 3.80. The lowest BCUT2D eigenvalue weighted by atomic mass is 10.0. The summed E-state index contributed by atoms with van der Waals surface area (Å²) in [6, 6.07) is 11.2. The second-order valence-electron chi connectivity index (χ2n) is 7.24. The third-order valence-electron chi connectivity index (χ3n) is 5.53. The van der Waals surface area contributed by atoms with Crippen LogP contribution in [0.15, 0.2) is 58.2 Å². The average molecular weight is 403 g/mol. The van der Waals surface area contributed by atoms with Crippen LogP contribution in [0.4, 0.5) is 5.69 Å². The zero-order valence-electron chi connectivity index (χ0n) is 16.8. The number of methoxy groups -OCH3 is 2. The van der Waals surface area contributed by atoms with Gasteiger partial charge in [-0.05, 0) is 30.7 Å². The molecule has 0 radical (unpaired) electrons. The second-order valence-corrected chi connectivity index (χ2v) is 7.24. The van der Waals surface area contributed by atoms with Crippen molar-refractivity contribution in [2.45, 2.75) is 6.42 Å². The van der Waals surface area contributed by atoms with Crippen LogP contribution in [0.5, 0.6) is 11.5 Å². The van der Waals surface area contributed by atoms with Crippen LogP contribution in [0.2, 0.25) is 0 Å². The van der Waals surface area contributed by atoms with E-state index in [0.29, 0.717) is 28.0 Å². The predicted octanol–water partition coefficient (Wildman–Crippen LogP) is 4.08. The number of aromatic amines is 1. The average Bonchev–Trinajstić information content (AvgIpc) is 3.26. The topological polar surface area (TPSA) is 80.6 Å². The summed E-state index contributed by atoms with van der Waals surface area (Å²) >= 11 is 0. The van der Waals surface area contributed by atoms with Gasteiger partial charge in [-0.3, -0.25) is 4.79 Å². The molecule has 1 saturated heterocycles. The lowest BCUT2D eigenvalue weighted by Gasteiger charge is -2.34. The van der Waals surface area contributed by atoms with Gasteiger partial charge in [-0.25, -0.2) is 4.98 Å². The maximum absolute atomic E-state index is 13.0. The first-order valence-electron chi connectivity index (χ1n) is 9.75. The van der Waals surface area contributed by atoms with Crippen LogP contribution >= 0.6 is 0 Å². The molecule has 7 nitrogen and oxygen atoms in total. The van der Waals surface area contributed by atoms with Gasteiger partial charge < -0.3 is 23.8 Å². The molecule has 30 heavy (non-hydrogen) atoms. The number of pyridine rings is 1. The standard InChI is InChI=1S/C23H21N3O4/c1-28-21-5-4-14(8-19(21)26-6-3-7-26)17-10-20(27)15-9-16(23-12-24-13-30-23)22(29-2)11-18(15)25-17/h4-5,8-13H,3,6-7H2,1-2H3,(H,25,27). The molecule has 3 heterocycles. The van der Waals surface area contributed by atoms with Crippen molar-refractivity contribution in [3.05, 3.63) is 59.2 Å². The van der Waals surface area contributed by atoms with Gasteiger partial charge in [0.05, 0.1) is 37.2 Å². The summed E-state index contributed by atoms with van der Waals surface area (Å²) in [6.45, 7) is 2.02. The summed E-state index contributed by atoms with van der Waals surface area (Å²) in [5.74, 6) is 1.98. The minimum Gasteiger partial charge on any atom is -0.496 e. The van der Waals surface area contributed by atoms with Gasteiger partial charge in [-0.15, -0.1) is 0 Å². The van der Waals surface area contributed by atoms with Crippen LogP contribution in [0.1, 0.15) is 6.42 Å². The lowest BCUT2D eigenvalue weighted by molar-refractivity contribution is 0.412. The molecule has 0 amide bonds. The largest absolute Gasteiger partial charge is 0.496 e.